The van der Waals surface area contributed by atoms with Crippen molar-refractivity contribution in [2.45, 2.75) is 27.0 Å². The van der Waals surface area contributed by atoms with Crippen LogP contribution in [-0.4, -0.2) is 10.1 Å². The quantitative estimate of drug-likeness (QED) is 0.355. The second-order valence-corrected chi connectivity index (χ2v) is 43.5. The van der Waals surface area contributed by atoms with Crippen LogP contribution in [0.1, 0.15) is 43.5 Å². The van der Waals surface area contributed by atoms with Crippen LogP contribution in [0, 0.1) is 0 Å². The Morgan fingerprint density at radius 3 is 1.52 bits per heavy atom. The summed E-state index contributed by atoms with van der Waals surface area (Å²) in [4.78, 5) is 0. The maximum Gasteiger partial charge on any atom is -1.00 e. The minimum atomic E-state index is -2.22. The summed E-state index contributed by atoms with van der Waals surface area (Å²) < 4.78 is 3.16. The van der Waals surface area contributed by atoms with E-state index in [1.54, 1.807) is 26.7 Å². The summed E-state index contributed by atoms with van der Waals surface area (Å²) in [5.74, 6) is 2.69. The third-order valence-electron chi connectivity index (χ3n) is 6.55. The van der Waals surface area contributed by atoms with Crippen molar-refractivity contribution in [1.29, 1.82) is 0 Å². The minimum absolute atomic E-state index is 0. The Hall–Kier alpha value is -0.867. The van der Waals surface area contributed by atoms with Gasteiger partial charge in [0.1, 0.15) is 0 Å². The molecule has 0 saturated heterocycles. The molecule has 0 saturated carbocycles. The van der Waals surface area contributed by atoms with Gasteiger partial charge in [-0.3, -0.25) is 0 Å². The van der Waals surface area contributed by atoms with Crippen molar-refractivity contribution < 1.29 is 43.2 Å². The van der Waals surface area contributed by atoms with E-state index in [4.69, 9.17) is 0 Å². The Balaban J connectivity index is 0.00000136. The Kier molecular flexibility index (Phi) is 8.29. The SMILES string of the molecule is CC1=Cc2ccccc2[CH]1[Hf+2]([CH]1C(C)=Cc2ccccc21)=[Ge]([CH3])[c]1ccccc1.[Cl-].[Cl-]. The van der Waals surface area contributed by atoms with Crippen molar-refractivity contribution in [2.75, 3.05) is 0 Å². The molecule has 4 heteroatoms. The molecule has 0 spiro atoms. The largest absolute Gasteiger partial charge is 1.00 e. The molecule has 0 bridgehead atoms. The summed E-state index contributed by atoms with van der Waals surface area (Å²) in [5.41, 5.74) is 9.48. The molecule has 0 N–H and O–H groups in total. The van der Waals surface area contributed by atoms with Gasteiger partial charge in [0.2, 0.25) is 0 Å². The summed E-state index contributed by atoms with van der Waals surface area (Å²) in [6.07, 6.45) is 4.97. The molecule has 0 amide bonds. The van der Waals surface area contributed by atoms with Crippen LogP contribution in [0.4, 0.5) is 0 Å². The monoisotopic (exact) mass is 674 g/mol. The van der Waals surface area contributed by atoms with Crippen LogP contribution in [0.25, 0.3) is 12.2 Å². The van der Waals surface area contributed by atoms with Gasteiger partial charge in [0.05, 0.1) is 0 Å². The molecule has 0 fully saturated rings. The molecule has 2 unspecified atom stereocenters. The van der Waals surface area contributed by atoms with Gasteiger partial charge >= 0.3 is 184 Å². The number of rotatable bonds is 3. The van der Waals surface area contributed by atoms with Gasteiger partial charge in [-0.05, 0) is 0 Å². The molecule has 2 aliphatic carbocycles. The van der Waals surface area contributed by atoms with E-state index >= 15 is 0 Å². The number of benzene rings is 3. The van der Waals surface area contributed by atoms with E-state index in [-0.39, 0.29) is 24.8 Å². The Labute approximate surface area is 207 Å². The van der Waals surface area contributed by atoms with Gasteiger partial charge in [-0.15, -0.1) is 0 Å². The van der Waals surface area contributed by atoms with Crippen molar-refractivity contribution in [3.05, 3.63) is 112 Å². The fourth-order valence-corrected chi connectivity index (χ4v) is 57.5. The molecule has 0 radical (unpaired) electrons. The molecule has 2 aliphatic rings. The number of allylic oxidation sites excluding steroid dienone is 2. The fraction of sp³-hybridized carbons (Fsp3) is 0.185. The van der Waals surface area contributed by atoms with Gasteiger partial charge in [-0.2, -0.15) is 0 Å². The molecule has 3 aromatic rings. The first-order valence-corrected chi connectivity index (χ1v) is 28.1. The molecule has 31 heavy (non-hydrogen) atoms. The predicted octanol–water partition coefficient (Wildman–Crippen LogP) is 0.458. The van der Waals surface area contributed by atoms with Crippen molar-refractivity contribution in [3.63, 3.8) is 0 Å². The third-order valence-corrected chi connectivity index (χ3v) is 52.3. The zero-order valence-corrected chi connectivity index (χ0v) is 25.3. The molecule has 0 heterocycles. The van der Waals surface area contributed by atoms with Crippen molar-refractivity contribution in [2.24, 2.45) is 0 Å². The Bertz CT molecular complexity index is 1130. The molecule has 0 aromatic heterocycles. The average Bonchev–Trinajstić information content (AvgIpc) is 3.25. The topological polar surface area (TPSA) is 0 Å². The maximum absolute atomic E-state index is 2.69. The third kappa shape index (κ3) is 4.49. The first kappa shape index (κ1) is 24.8. The second kappa shape index (κ2) is 10.4. The maximum atomic E-state index is 2.69. The molecular weight excluding hydrogens is 646 g/mol. The zero-order chi connectivity index (χ0) is 20.0. The van der Waals surface area contributed by atoms with Crippen molar-refractivity contribution in [3.8, 4) is 0 Å². The van der Waals surface area contributed by atoms with E-state index in [1.165, 1.54) is 11.1 Å². The summed E-state index contributed by atoms with van der Waals surface area (Å²) in [7, 11) is -1.39. The number of hydrogen-bond donors (Lipinski definition) is 0. The van der Waals surface area contributed by atoms with Crippen LogP contribution in [-0.2, 0) is 18.3 Å². The summed E-state index contributed by atoms with van der Waals surface area (Å²) in [6.45, 7) is 4.82. The standard InChI is InChI=1S/2C10H9.C7H8Ge.2ClH.Hf/c2*1-8-6-9-4-2-3-5-10(9)7-8;1-8-7-5-3-2-4-6-7;;;/h2*2-7H,1H3;2-6H,1H3;2*1H;/q;;;;;+2/p-2. The van der Waals surface area contributed by atoms with Crippen LogP contribution in [0.5, 0.6) is 0 Å². The fourth-order valence-electron chi connectivity index (χ4n) is 5.24. The van der Waals surface area contributed by atoms with E-state index in [2.05, 4.69) is 111 Å². The molecule has 156 valence electrons. The molecule has 0 aliphatic heterocycles. The average molecular weight is 673 g/mol. The Morgan fingerprint density at radius 1 is 0.613 bits per heavy atom. The van der Waals surface area contributed by atoms with Crippen LogP contribution in [0.2, 0.25) is 5.76 Å². The van der Waals surface area contributed by atoms with Gasteiger partial charge in [0.15, 0.2) is 0 Å². The van der Waals surface area contributed by atoms with Gasteiger partial charge in [-0.1, -0.05) is 0 Å². The predicted molar refractivity (Wildman–Crippen MR) is 123 cm³/mol. The molecule has 2 atom stereocenters. The van der Waals surface area contributed by atoms with Crippen LogP contribution in [0.15, 0.2) is 90.0 Å². The van der Waals surface area contributed by atoms with E-state index in [1.807, 2.05) is 0 Å². The van der Waals surface area contributed by atoms with Gasteiger partial charge in [-0.25, -0.2) is 0 Å². The van der Waals surface area contributed by atoms with E-state index in [0.29, 0.717) is 0 Å². The zero-order valence-electron chi connectivity index (χ0n) is 18.1. The van der Waals surface area contributed by atoms with Crippen molar-refractivity contribution in [1.82, 2.24) is 0 Å². The van der Waals surface area contributed by atoms with Crippen LogP contribution in [0.3, 0.4) is 0 Å². The Morgan fingerprint density at radius 2 is 1.03 bits per heavy atom. The molecule has 0 nitrogen and oxygen atoms in total. The van der Waals surface area contributed by atoms with Crippen molar-refractivity contribution >= 4 is 26.6 Å². The molecular formula is C27H26Cl2GeHf. The molecule has 5 rings (SSSR count). The summed E-state index contributed by atoms with van der Waals surface area (Å²) in [6, 6.07) is 30.0. The van der Waals surface area contributed by atoms with Crippen LogP contribution < -0.4 is 29.2 Å². The summed E-state index contributed by atoms with van der Waals surface area (Å²) in [5, 5.41) is 0. The van der Waals surface area contributed by atoms with Gasteiger partial charge < -0.3 is 24.8 Å². The van der Waals surface area contributed by atoms with Crippen LogP contribution >= 0.6 is 0 Å². The minimum Gasteiger partial charge on any atom is -1.00 e. The molecule has 3 aromatic carbocycles. The number of hydrogen-bond acceptors (Lipinski definition) is 0. The number of fused-ring (bicyclic) bond motifs is 2. The smallest absolute Gasteiger partial charge is 1.00 e. The second-order valence-electron chi connectivity index (χ2n) is 8.35. The van der Waals surface area contributed by atoms with E-state index < -0.39 is 28.4 Å². The first-order valence-electron chi connectivity index (χ1n) is 10.5. The van der Waals surface area contributed by atoms with E-state index in [0.717, 1.165) is 7.35 Å². The summed E-state index contributed by atoms with van der Waals surface area (Å²) >= 11 is -2.22. The van der Waals surface area contributed by atoms with Gasteiger partial charge in [0, 0.05) is 0 Å². The normalized spacial score (nSPS) is 17.7. The first-order chi connectivity index (χ1) is 14.1. The van der Waals surface area contributed by atoms with E-state index in [9.17, 15) is 0 Å². The van der Waals surface area contributed by atoms with Gasteiger partial charge in [0.25, 0.3) is 0 Å². The number of halogens is 2.